The fraction of sp³-hybridized carbons (Fsp3) is 0.0435. The number of hydrogen-bond donors (Lipinski definition) is 3. The summed E-state index contributed by atoms with van der Waals surface area (Å²) in [5, 5.41) is 24.1. The molecule has 0 saturated carbocycles. The highest BCUT2D eigenvalue weighted by Gasteiger charge is 2.20. The van der Waals surface area contributed by atoms with E-state index < -0.39 is 12.0 Å². The predicted octanol–water partition coefficient (Wildman–Crippen LogP) is 4.98. The molecule has 0 amide bonds. The van der Waals surface area contributed by atoms with Crippen LogP contribution in [0.25, 0.3) is 10.9 Å². The molecule has 1 unspecified atom stereocenters. The molecule has 3 aromatic carbocycles. The molecule has 0 radical (unpaired) electrons. The summed E-state index contributed by atoms with van der Waals surface area (Å²) in [6, 6.07) is 19.1. The second kappa shape index (κ2) is 7.59. The van der Waals surface area contributed by atoms with Crippen molar-refractivity contribution in [3.8, 4) is 5.75 Å². The van der Waals surface area contributed by atoms with Crippen LogP contribution < -0.4 is 5.32 Å². The fourth-order valence-corrected chi connectivity index (χ4v) is 3.25. The Balaban J connectivity index is 1.79. The summed E-state index contributed by atoms with van der Waals surface area (Å²) in [4.78, 5) is 15.3. The van der Waals surface area contributed by atoms with Crippen LogP contribution in [0.5, 0.6) is 5.75 Å². The van der Waals surface area contributed by atoms with Gasteiger partial charge in [-0.25, -0.2) is 9.18 Å². The predicted molar refractivity (Wildman–Crippen MR) is 109 cm³/mol. The van der Waals surface area contributed by atoms with Crippen LogP contribution in [0.2, 0.25) is 0 Å². The van der Waals surface area contributed by atoms with Crippen molar-refractivity contribution in [2.75, 3.05) is 5.32 Å². The Morgan fingerprint density at radius 1 is 0.966 bits per heavy atom. The number of phenolic OH excluding ortho intramolecular Hbond substituents is 1. The largest absolute Gasteiger partial charge is 0.505 e. The highest BCUT2D eigenvalue weighted by atomic mass is 19.1. The molecule has 29 heavy (non-hydrogen) atoms. The molecule has 0 bridgehead atoms. The molecule has 0 aliphatic carbocycles. The first-order chi connectivity index (χ1) is 14.0. The Morgan fingerprint density at radius 3 is 2.38 bits per heavy atom. The Bertz CT molecular complexity index is 1180. The summed E-state index contributed by atoms with van der Waals surface area (Å²) in [6.45, 7) is 0. The molecular weight excluding hydrogens is 371 g/mol. The molecule has 1 atom stereocenters. The lowest BCUT2D eigenvalue weighted by Gasteiger charge is -2.22. The minimum absolute atomic E-state index is 0.0343. The van der Waals surface area contributed by atoms with Gasteiger partial charge < -0.3 is 15.5 Å². The number of fused-ring (bicyclic) bond motifs is 1. The van der Waals surface area contributed by atoms with Crippen molar-refractivity contribution in [3.05, 3.63) is 102 Å². The van der Waals surface area contributed by atoms with Gasteiger partial charge in [-0.3, -0.25) is 4.98 Å². The molecule has 144 valence electrons. The third-order valence-corrected chi connectivity index (χ3v) is 4.74. The van der Waals surface area contributed by atoms with Crippen LogP contribution in [-0.2, 0) is 0 Å². The van der Waals surface area contributed by atoms with Gasteiger partial charge in [-0.2, -0.15) is 0 Å². The molecule has 6 heteroatoms. The SMILES string of the molecule is O=C(O)c1ccc(NC(c2ccc(F)cc2)c2ccc3cccnc3c2O)cc1. The number of aromatic carboxylic acids is 1. The summed E-state index contributed by atoms with van der Waals surface area (Å²) in [7, 11) is 0. The Kier molecular flexibility index (Phi) is 4.83. The number of phenols is 1. The molecule has 0 spiro atoms. The number of benzene rings is 3. The zero-order chi connectivity index (χ0) is 20.4. The van der Waals surface area contributed by atoms with E-state index in [2.05, 4.69) is 10.3 Å². The van der Waals surface area contributed by atoms with Gasteiger partial charge in [-0.05, 0) is 48.0 Å². The number of halogens is 1. The summed E-state index contributed by atoms with van der Waals surface area (Å²) in [6.07, 6.45) is 1.61. The average Bonchev–Trinajstić information content (AvgIpc) is 2.74. The molecule has 4 aromatic rings. The number of nitrogens with zero attached hydrogens (tertiary/aromatic N) is 1. The standard InChI is InChI=1S/C23H17FN2O3/c24-17-8-3-15(4-9-17)20(26-18-10-5-16(6-11-18)23(28)29)19-12-7-14-2-1-13-25-21(14)22(19)27/h1-13,20,26-27H,(H,28,29). The maximum absolute atomic E-state index is 13.5. The lowest BCUT2D eigenvalue weighted by atomic mass is 9.96. The molecular formula is C23H17FN2O3. The quantitative estimate of drug-likeness (QED) is 0.449. The van der Waals surface area contributed by atoms with E-state index in [1.807, 2.05) is 12.1 Å². The fourth-order valence-electron chi connectivity index (χ4n) is 3.25. The van der Waals surface area contributed by atoms with Crippen LogP contribution in [0.1, 0.15) is 27.5 Å². The number of aromatic nitrogens is 1. The summed E-state index contributed by atoms with van der Waals surface area (Å²) >= 11 is 0. The normalized spacial score (nSPS) is 11.9. The monoisotopic (exact) mass is 388 g/mol. The molecule has 0 fully saturated rings. The van der Waals surface area contributed by atoms with Gasteiger partial charge in [0.2, 0.25) is 0 Å². The third kappa shape index (κ3) is 3.73. The van der Waals surface area contributed by atoms with E-state index in [9.17, 15) is 14.3 Å². The minimum Gasteiger partial charge on any atom is -0.505 e. The van der Waals surface area contributed by atoms with Gasteiger partial charge in [0.15, 0.2) is 0 Å². The van der Waals surface area contributed by atoms with Crippen LogP contribution in [0.4, 0.5) is 10.1 Å². The molecule has 5 nitrogen and oxygen atoms in total. The van der Waals surface area contributed by atoms with Crippen molar-refractivity contribution < 1.29 is 19.4 Å². The van der Waals surface area contributed by atoms with Gasteiger partial charge in [0.25, 0.3) is 0 Å². The number of aromatic hydroxyl groups is 1. The molecule has 0 aliphatic rings. The molecule has 0 aliphatic heterocycles. The number of rotatable bonds is 5. The van der Waals surface area contributed by atoms with Crippen LogP contribution in [0.3, 0.4) is 0 Å². The van der Waals surface area contributed by atoms with Gasteiger partial charge in [0.05, 0.1) is 11.6 Å². The lowest BCUT2D eigenvalue weighted by molar-refractivity contribution is 0.0697. The number of anilines is 1. The lowest BCUT2D eigenvalue weighted by Crippen LogP contribution is -2.13. The number of hydrogen-bond acceptors (Lipinski definition) is 4. The van der Waals surface area contributed by atoms with E-state index in [4.69, 9.17) is 5.11 Å². The maximum atomic E-state index is 13.5. The highest BCUT2D eigenvalue weighted by Crippen LogP contribution is 2.36. The van der Waals surface area contributed by atoms with Crippen molar-refractivity contribution in [2.24, 2.45) is 0 Å². The Morgan fingerprint density at radius 2 is 1.69 bits per heavy atom. The minimum atomic E-state index is -1.01. The van der Waals surface area contributed by atoms with Crippen molar-refractivity contribution in [1.29, 1.82) is 0 Å². The molecule has 3 N–H and O–H groups in total. The maximum Gasteiger partial charge on any atom is 0.335 e. The van der Waals surface area contributed by atoms with E-state index in [0.29, 0.717) is 16.8 Å². The number of carboxylic acids is 1. The smallest absolute Gasteiger partial charge is 0.335 e. The third-order valence-electron chi connectivity index (χ3n) is 4.74. The van der Waals surface area contributed by atoms with Gasteiger partial charge in [0, 0.05) is 22.8 Å². The van der Waals surface area contributed by atoms with Crippen LogP contribution in [0, 0.1) is 5.82 Å². The van der Waals surface area contributed by atoms with E-state index in [-0.39, 0.29) is 17.1 Å². The topological polar surface area (TPSA) is 82.5 Å². The number of pyridine rings is 1. The zero-order valence-electron chi connectivity index (χ0n) is 15.2. The molecule has 1 heterocycles. The van der Waals surface area contributed by atoms with Crippen molar-refractivity contribution in [1.82, 2.24) is 4.98 Å². The van der Waals surface area contributed by atoms with Crippen LogP contribution in [0.15, 0.2) is 79.0 Å². The summed E-state index contributed by atoms with van der Waals surface area (Å²) < 4.78 is 13.5. The van der Waals surface area contributed by atoms with Gasteiger partial charge in [-0.1, -0.05) is 30.3 Å². The second-order valence-corrected chi connectivity index (χ2v) is 6.59. The van der Waals surface area contributed by atoms with Crippen LogP contribution in [-0.4, -0.2) is 21.2 Å². The van der Waals surface area contributed by atoms with Crippen molar-refractivity contribution in [2.45, 2.75) is 6.04 Å². The summed E-state index contributed by atoms with van der Waals surface area (Å²) in [5.41, 5.74) is 2.61. The number of nitrogens with one attached hydrogen (secondary N) is 1. The first-order valence-electron chi connectivity index (χ1n) is 8.95. The number of carboxylic acid groups (broad SMARTS) is 1. The summed E-state index contributed by atoms with van der Waals surface area (Å²) in [5.74, 6) is -1.33. The zero-order valence-corrected chi connectivity index (χ0v) is 15.2. The van der Waals surface area contributed by atoms with Gasteiger partial charge in [-0.15, -0.1) is 0 Å². The van der Waals surface area contributed by atoms with Crippen molar-refractivity contribution >= 4 is 22.6 Å². The second-order valence-electron chi connectivity index (χ2n) is 6.59. The molecule has 0 saturated heterocycles. The first kappa shape index (κ1) is 18.4. The number of carbonyl (C=O) groups is 1. The van der Waals surface area contributed by atoms with Crippen LogP contribution >= 0.6 is 0 Å². The Labute approximate surface area is 166 Å². The van der Waals surface area contributed by atoms with Gasteiger partial charge >= 0.3 is 5.97 Å². The van der Waals surface area contributed by atoms with Crippen molar-refractivity contribution in [3.63, 3.8) is 0 Å². The Hall–Kier alpha value is -3.93. The van der Waals surface area contributed by atoms with E-state index in [0.717, 1.165) is 10.9 Å². The van der Waals surface area contributed by atoms with E-state index in [1.165, 1.54) is 24.3 Å². The average molecular weight is 388 g/mol. The highest BCUT2D eigenvalue weighted by molar-refractivity contribution is 5.88. The first-order valence-corrected chi connectivity index (χ1v) is 8.95. The van der Waals surface area contributed by atoms with E-state index in [1.54, 1.807) is 42.6 Å². The van der Waals surface area contributed by atoms with Gasteiger partial charge in [0.1, 0.15) is 17.1 Å². The van der Waals surface area contributed by atoms with E-state index >= 15 is 0 Å². The molecule has 4 rings (SSSR count). The molecule has 1 aromatic heterocycles.